The van der Waals surface area contributed by atoms with Gasteiger partial charge in [-0.2, -0.15) is 0 Å². The minimum absolute atomic E-state index is 0.318. The lowest BCUT2D eigenvalue weighted by Gasteiger charge is -2.10. The molecule has 3 nitrogen and oxygen atoms in total. The lowest BCUT2D eigenvalue weighted by Crippen LogP contribution is -2.10. The van der Waals surface area contributed by atoms with Crippen molar-refractivity contribution in [3.63, 3.8) is 0 Å². The van der Waals surface area contributed by atoms with Gasteiger partial charge in [-0.1, -0.05) is 0 Å². The molecular weight excluding hydrogens is 197 g/mol. The Balaban J connectivity index is 2.59. The quantitative estimate of drug-likeness (QED) is 0.786. The Hall–Kier alpha value is -1.29. The molecule has 0 saturated heterocycles. The van der Waals surface area contributed by atoms with E-state index in [0.717, 1.165) is 0 Å². The molecule has 1 atom stereocenters. The minimum Gasteiger partial charge on any atom is -0.497 e. The average Bonchev–Trinajstić information content (AvgIpc) is 2.20. The first-order chi connectivity index (χ1) is 7.13. The highest BCUT2D eigenvalue weighted by Crippen LogP contribution is 2.20. The van der Waals surface area contributed by atoms with Crippen LogP contribution in [0.3, 0.4) is 0 Å². The Labute approximate surface area is 88.9 Å². The maximum absolute atomic E-state index is 13.2. The summed E-state index contributed by atoms with van der Waals surface area (Å²) in [6.07, 6.45) is 0.197. The molecule has 1 unspecified atom stereocenters. The first-order valence-corrected chi connectivity index (χ1v) is 4.89. The van der Waals surface area contributed by atoms with E-state index in [1.807, 2.05) is 0 Å². The summed E-state index contributed by atoms with van der Waals surface area (Å²) >= 11 is 0. The summed E-state index contributed by atoms with van der Waals surface area (Å²) in [7, 11) is 1.53. The molecule has 0 aliphatic carbocycles. The monoisotopic (exact) mass is 213 g/mol. The van der Waals surface area contributed by atoms with Crippen LogP contribution in [0.15, 0.2) is 18.2 Å². The highest BCUT2D eigenvalue weighted by Gasteiger charge is 2.03. The van der Waals surface area contributed by atoms with E-state index in [1.165, 1.54) is 13.2 Å². The van der Waals surface area contributed by atoms with Gasteiger partial charge in [-0.3, -0.25) is 0 Å². The van der Waals surface area contributed by atoms with E-state index in [2.05, 4.69) is 5.32 Å². The van der Waals surface area contributed by atoms with Gasteiger partial charge in [-0.25, -0.2) is 4.39 Å². The summed E-state index contributed by atoms with van der Waals surface area (Å²) in [5, 5.41) is 11.9. The zero-order valence-electron chi connectivity index (χ0n) is 8.96. The number of anilines is 1. The number of methoxy groups -OCH3 is 1. The number of rotatable bonds is 5. The van der Waals surface area contributed by atoms with E-state index in [4.69, 9.17) is 9.84 Å². The Bertz CT molecular complexity index is 315. The van der Waals surface area contributed by atoms with Crippen LogP contribution in [0.4, 0.5) is 10.1 Å². The topological polar surface area (TPSA) is 41.5 Å². The molecule has 0 heterocycles. The number of nitrogens with one attached hydrogen (secondary N) is 1. The third kappa shape index (κ3) is 3.75. The number of halogens is 1. The second-order valence-corrected chi connectivity index (χ2v) is 3.41. The third-order valence-electron chi connectivity index (χ3n) is 2.05. The highest BCUT2D eigenvalue weighted by molar-refractivity contribution is 5.49. The lowest BCUT2D eigenvalue weighted by molar-refractivity contribution is 0.188. The molecule has 4 heteroatoms. The van der Waals surface area contributed by atoms with E-state index < -0.39 is 0 Å². The van der Waals surface area contributed by atoms with Crippen molar-refractivity contribution in [2.75, 3.05) is 19.0 Å². The summed E-state index contributed by atoms with van der Waals surface area (Å²) in [6.45, 7) is 2.23. The van der Waals surface area contributed by atoms with Crippen LogP contribution in [0.2, 0.25) is 0 Å². The Morgan fingerprint density at radius 3 is 2.87 bits per heavy atom. The van der Waals surface area contributed by atoms with E-state index in [9.17, 15) is 4.39 Å². The van der Waals surface area contributed by atoms with Gasteiger partial charge in [-0.15, -0.1) is 0 Å². The van der Waals surface area contributed by atoms with Crippen LogP contribution in [0.5, 0.6) is 5.75 Å². The van der Waals surface area contributed by atoms with Crippen molar-refractivity contribution in [1.82, 2.24) is 0 Å². The van der Waals surface area contributed by atoms with Gasteiger partial charge >= 0.3 is 0 Å². The van der Waals surface area contributed by atoms with E-state index in [-0.39, 0.29) is 11.9 Å². The molecule has 15 heavy (non-hydrogen) atoms. The molecule has 0 aromatic heterocycles. The standard InChI is InChI=1S/C11H16FNO2/c1-8(14)5-6-13-11-7-9(15-2)3-4-10(11)12/h3-4,7-8,13-14H,5-6H2,1-2H3. The van der Waals surface area contributed by atoms with Crippen molar-refractivity contribution >= 4 is 5.69 Å². The molecule has 0 aliphatic rings. The van der Waals surface area contributed by atoms with Crippen LogP contribution >= 0.6 is 0 Å². The van der Waals surface area contributed by atoms with Crippen LogP contribution in [0.25, 0.3) is 0 Å². The molecule has 1 rings (SSSR count). The highest BCUT2D eigenvalue weighted by atomic mass is 19.1. The minimum atomic E-state index is -0.383. The van der Waals surface area contributed by atoms with Gasteiger partial charge in [0.1, 0.15) is 11.6 Å². The van der Waals surface area contributed by atoms with E-state index in [0.29, 0.717) is 24.4 Å². The fourth-order valence-electron chi connectivity index (χ4n) is 1.18. The third-order valence-corrected chi connectivity index (χ3v) is 2.05. The summed E-state index contributed by atoms with van der Waals surface area (Å²) in [4.78, 5) is 0. The molecule has 1 aromatic carbocycles. The lowest BCUT2D eigenvalue weighted by atomic mass is 10.2. The van der Waals surface area contributed by atoms with Crippen molar-refractivity contribution in [2.24, 2.45) is 0 Å². The van der Waals surface area contributed by atoms with Crippen molar-refractivity contribution < 1.29 is 14.2 Å². The molecule has 84 valence electrons. The molecule has 0 spiro atoms. The molecule has 1 aromatic rings. The maximum Gasteiger partial charge on any atom is 0.146 e. The van der Waals surface area contributed by atoms with Crippen LogP contribution < -0.4 is 10.1 Å². The molecule has 0 fully saturated rings. The fourth-order valence-corrected chi connectivity index (χ4v) is 1.18. The van der Waals surface area contributed by atoms with Gasteiger partial charge < -0.3 is 15.2 Å². The smallest absolute Gasteiger partial charge is 0.146 e. The number of hydrogen-bond acceptors (Lipinski definition) is 3. The van der Waals surface area contributed by atoms with Gasteiger partial charge in [0.05, 0.1) is 18.9 Å². The number of benzene rings is 1. The number of aliphatic hydroxyl groups excluding tert-OH is 1. The summed E-state index contributed by atoms with van der Waals surface area (Å²) in [5.74, 6) is 0.289. The molecule has 0 bridgehead atoms. The first kappa shape index (κ1) is 11.8. The normalized spacial score (nSPS) is 12.3. The van der Waals surface area contributed by atoms with Crippen LogP contribution in [-0.2, 0) is 0 Å². The maximum atomic E-state index is 13.2. The van der Waals surface area contributed by atoms with Crippen LogP contribution in [0, 0.1) is 5.82 Å². The van der Waals surface area contributed by atoms with Crippen molar-refractivity contribution in [3.8, 4) is 5.75 Å². The molecule has 0 saturated carbocycles. The van der Waals surface area contributed by atoms with E-state index in [1.54, 1.807) is 19.1 Å². The molecule has 2 N–H and O–H groups in total. The van der Waals surface area contributed by atoms with Crippen molar-refractivity contribution in [3.05, 3.63) is 24.0 Å². The summed E-state index contributed by atoms with van der Waals surface area (Å²) in [5.41, 5.74) is 0.398. The molecule has 0 aliphatic heterocycles. The Morgan fingerprint density at radius 1 is 1.53 bits per heavy atom. The van der Waals surface area contributed by atoms with Gasteiger partial charge in [0.2, 0.25) is 0 Å². The zero-order valence-corrected chi connectivity index (χ0v) is 8.96. The fraction of sp³-hybridized carbons (Fsp3) is 0.455. The van der Waals surface area contributed by atoms with Gasteiger partial charge in [0.25, 0.3) is 0 Å². The van der Waals surface area contributed by atoms with Gasteiger partial charge in [0, 0.05) is 12.6 Å². The van der Waals surface area contributed by atoms with Crippen molar-refractivity contribution in [1.29, 1.82) is 0 Å². The number of ether oxygens (including phenoxy) is 1. The predicted molar refractivity (Wildman–Crippen MR) is 57.7 cm³/mol. The van der Waals surface area contributed by atoms with E-state index >= 15 is 0 Å². The van der Waals surface area contributed by atoms with Gasteiger partial charge in [0.15, 0.2) is 0 Å². The Kier molecular flexibility index (Phi) is 4.37. The molecular formula is C11H16FNO2. The SMILES string of the molecule is COc1ccc(F)c(NCCC(C)O)c1. The second-order valence-electron chi connectivity index (χ2n) is 3.41. The van der Waals surface area contributed by atoms with Crippen molar-refractivity contribution in [2.45, 2.75) is 19.4 Å². The first-order valence-electron chi connectivity index (χ1n) is 4.89. The number of aliphatic hydroxyl groups is 1. The Morgan fingerprint density at radius 2 is 2.27 bits per heavy atom. The second kappa shape index (κ2) is 5.56. The van der Waals surface area contributed by atoms with Gasteiger partial charge in [-0.05, 0) is 25.5 Å². The van der Waals surface area contributed by atoms with Crippen LogP contribution in [-0.4, -0.2) is 24.9 Å². The number of hydrogen-bond donors (Lipinski definition) is 2. The predicted octanol–water partition coefficient (Wildman–Crippen LogP) is 2.02. The molecule has 0 radical (unpaired) electrons. The molecule has 0 amide bonds. The summed E-state index contributed by atoms with van der Waals surface area (Å²) < 4.78 is 18.2. The summed E-state index contributed by atoms with van der Waals surface area (Å²) in [6, 6.07) is 4.51. The zero-order chi connectivity index (χ0) is 11.3. The van der Waals surface area contributed by atoms with Crippen LogP contribution in [0.1, 0.15) is 13.3 Å². The average molecular weight is 213 g/mol. The largest absolute Gasteiger partial charge is 0.497 e.